The van der Waals surface area contributed by atoms with Crippen molar-refractivity contribution >= 4 is 22.5 Å². The molecule has 158 valence electrons. The summed E-state index contributed by atoms with van der Waals surface area (Å²) in [6.45, 7) is 0. The third kappa shape index (κ3) is 3.81. The van der Waals surface area contributed by atoms with Crippen LogP contribution in [0.4, 0.5) is 11.6 Å². The van der Waals surface area contributed by atoms with Gasteiger partial charge in [-0.3, -0.25) is 10.1 Å². The highest BCUT2D eigenvalue weighted by atomic mass is 16.5. The molecule has 8 nitrogen and oxygen atoms in total. The Kier molecular flexibility index (Phi) is 5.09. The van der Waals surface area contributed by atoms with Crippen LogP contribution in [0.3, 0.4) is 0 Å². The molecule has 0 saturated heterocycles. The fraction of sp³-hybridized carbons (Fsp3) is 0.0833. The zero-order chi connectivity index (χ0) is 21.9. The van der Waals surface area contributed by atoms with Gasteiger partial charge in [0.25, 0.3) is 0 Å². The number of hydrogen-bond donors (Lipinski definition) is 2. The Morgan fingerprint density at radius 2 is 1.66 bits per heavy atom. The predicted molar refractivity (Wildman–Crippen MR) is 123 cm³/mol. The van der Waals surface area contributed by atoms with Crippen molar-refractivity contribution in [1.82, 2.24) is 25.1 Å². The highest BCUT2D eigenvalue weighted by molar-refractivity contribution is 5.93. The molecule has 0 atom stereocenters. The minimum Gasteiger partial charge on any atom is -0.497 e. The molecule has 2 N–H and O–H groups in total. The summed E-state index contributed by atoms with van der Waals surface area (Å²) in [5.74, 6) is 3.36. The molecule has 0 aliphatic rings. The predicted octanol–water partition coefficient (Wildman–Crippen LogP) is 4.84. The summed E-state index contributed by atoms with van der Waals surface area (Å²) in [5, 5.41) is 11.6. The number of pyridine rings is 1. The molecular weight excluding hydrogens is 404 g/mol. The van der Waals surface area contributed by atoms with E-state index < -0.39 is 0 Å². The van der Waals surface area contributed by atoms with E-state index in [1.165, 1.54) is 0 Å². The first-order chi connectivity index (χ1) is 15.7. The number of benzene rings is 2. The number of rotatable bonds is 6. The lowest BCUT2D eigenvalue weighted by Crippen LogP contribution is -2.00. The third-order valence-corrected chi connectivity index (χ3v) is 5.05. The largest absolute Gasteiger partial charge is 0.497 e. The smallest absolute Gasteiger partial charge is 0.163 e. The number of aromatic nitrogens is 5. The van der Waals surface area contributed by atoms with Crippen molar-refractivity contribution in [3.8, 4) is 34.1 Å². The molecule has 0 radical (unpaired) electrons. The Bertz CT molecular complexity index is 1370. The lowest BCUT2D eigenvalue weighted by Gasteiger charge is -2.10. The first-order valence-corrected chi connectivity index (χ1v) is 9.96. The number of nitrogens with one attached hydrogen (secondary N) is 2. The van der Waals surface area contributed by atoms with Crippen molar-refractivity contribution in [2.45, 2.75) is 0 Å². The Labute approximate surface area is 184 Å². The van der Waals surface area contributed by atoms with Gasteiger partial charge in [-0.2, -0.15) is 5.10 Å². The average Bonchev–Trinajstić information content (AvgIpc) is 3.32. The first-order valence-electron chi connectivity index (χ1n) is 9.96. The van der Waals surface area contributed by atoms with E-state index in [0.29, 0.717) is 17.5 Å². The lowest BCUT2D eigenvalue weighted by atomic mass is 10.1. The first kappa shape index (κ1) is 19.5. The SMILES string of the molecule is COc1ccc(-c2cc(Nc3nc(-c4cccnc4)nc4ccc(OC)cc34)n[nH]2)cc1. The number of fused-ring (bicyclic) bond motifs is 1. The molecular formula is C24H20N6O2. The second-order valence-electron chi connectivity index (χ2n) is 7.04. The van der Waals surface area contributed by atoms with Crippen LogP contribution in [0.1, 0.15) is 0 Å². The zero-order valence-electron chi connectivity index (χ0n) is 17.5. The summed E-state index contributed by atoms with van der Waals surface area (Å²) in [6, 6.07) is 19.2. The second-order valence-corrected chi connectivity index (χ2v) is 7.04. The maximum Gasteiger partial charge on any atom is 0.163 e. The van der Waals surface area contributed by atoms with E-state index in [2.05, 4.69) is 20.5 Å². The number of H-pyrrole nitrogens is 1. The molecule has 0 unspecified atom stereocenters. The number of anilines is 2. The molecule has 0 fully saturated rings. The molecule has 0 amide bonds. The van der Waals surface area contributed by atoms with Crippen LogP contribution in [0.15, 0.2) is 73.1 Å². The molecule has 5 rings (SSSR count). The van der Waals surface area contributed by atoms with Crippen LogP contribution in [-0.4, -0.2) is 39.4 Å². The van der Waals surface area contributed by atoms with E-state index in [0.717, 1.165) is 39.2 Å². The number of methoxy groups -OCH3 is 2. The Morgan fingerprint density at radius 3 is 2.41 bits per heavy atom. The van der Waals surface area contributed by atoms with Gasteiger partial charge in [-0.15, -0.1) is 0 Å². The molecule has 0 aliphatic heterocycles. The van der Waals surface area contributed by atoms with Crippen LogP contribution >= 0.6 is 0 Å². The number of nitrogens with zero attached hydrogens (tertiary/aromatic N) is 4. The van der Waals surface area contributed by atoms with E-state index in [9.17, 15) is 0 Å². The van der Waals surface area contributed by atoms with Gasteiger partial charge in [-0.25, -0.2) is 9.97 Å². The molecule has 0 saturated carbocycles. The van der Waals surface area contributed by atoms with Crippen molar-refractivity contribution in [3.05, 3.63) is 73.1 Å². The van der Waals surface area contributed by atoms with E-state index in [1.54, 1.807) is 26.6 Å². The Balaban J connectivity index is 1.54. The van der Waals surface area contributed by atoms with Crippen LogP contribution in [0, 0.1) is 0 Å². The Morgan fingerprint density at radius 1 is 0.844 bits per heavy atom. The summed E-state index contributed by atoms with van der Waals surface area (Å²) in [7, 11) is 3.28. The minimum atomic E-state index is 0.573. The summed E-state index contributed by atoms with van der Waals surface area (Å²) < 4.78 is 10.6. The fourth-order valence-corrected chi connectivity index (χ4v) is 3.38. The quantitative estimate of drug-likeness (QED) is 0.402. The van der Waals surface area contributed by atoms with E-state index >= 15 is 0 Å². The number of aromatic amines is 1. The zero-order valence-corrected chi connectivity index (χ0v) is 17.5. The molecule has 8 heteroatoms. The summed E-state index contributed by atoms with van der Waals surface area (Å²) in [5.41, 5.74) is 3.48. The molecule has 0 spiro atoms. The van der Waals surface area contributed by atoms with Gasteiger partial charge < -0.3 is 14.8 Å². The average molecular weight is 424 g/mol. The van der Waals surface area contributed by atoms with Crippen molar-refractivity contribution in [1.29, 1.82) is 0 Å². The molecule has 3 aromatic heterocycles. The van der Waals surface area contributed by atoms with Crippen LogP contribution in [0.5, 0.6) is 11.5 Å². The van der Waals surface area contributed by atoms with Gasteiger partial charge in [0.05, 0.1) is 25.4 Å². The molecule has 0 bridgehead atoms. The fourth-order valence-electron chi connectivity index (χ4n) is 3.38. The van der Waals surface area contributed by atoms with Crippen LogP contribution in [0.25, 0.3) is 33.5 Å². The standard InChI is InChI=1S/C24H20N6O2/c1-31-17-7-5-15(6-8-17)21-13-22(30-29-21)27-24-19-12-18(32-2)9-10-20(19)26-23(28-24)16-4-3-11-25-14-16/h3-14H,1-2H3,(H2,26,27,28,29,30). The van der Waals surface area contributed by atoms with Gasteiger partial charge in [-0.05, 0) is 60.2 Å². The Hall–Kier alpha value is -4.46. The van der Waals surface area contributed by atoms with Crippen LogP contribution < -0.4 is 14.8 Å². The van der Waals surface area contributed by atoms with E-state index in [-0.39, 0.29) is 0 Å². The topological polar surface area (TPSA) is 97.8 Å². The molecule has 5 aromatic rings. The van der Waals surface area contributed by atoms with Gasteiger partial charge in [-0.1, -0.05) is 0 Å². The van der Waals surface area contributed by atoms with Crippen LogP contribution in [-0.2, 0) is 0 Å². The van der Waals surface area contributed by atoms with Gasteiger partial charge in [0.1, 0.15) is 17.3 Å². The summed E-state index contributed by atoms with van der Waals surface area (Å²) >= 11 is 0. The van der Waals surface area contributed by atoms with Crippen molar-refractivity contribution in [2.75, 3.05) is 19.5 Å². The maximum absolute atomic E-state index is 5.40. The molecule has 0 aliphatic carbocycles. The molecule has 3 heterocycles. The van der Waals surface area contributed by atoms with Gasteiger partial charge >= 0.3 is 0 Å². The van der Waals surface area contributed by atoms with Crippen LogP contribution in [0.2, 0.25) is 0 Å². The maximum atomic E-state index is 5.40. The highest BCUT2D eigenvalue weighted by Gasteiger charge is 2.13. The summed E-state index contributed by atoms with van der Waals surface area (Å²) in [6.07, 6.45) is 3.46. The molecule has 2 aromatic carbocycles. The third-order valence-electron chi connectivity index (χ3n) is 5.05. The number of hydrogen-bond acceptors (Lipinski definition) is 7. The second kappa shape index (κ2) is 8.35. The summed E-state index contributed by atoms with van der Waals surface area (Å²) in [4.78, 5) is 13.6. The highest BCUT2D eigenvalue weighted by Crippen LogP contribution is 2.30. The van der Waals surface area contributed by atoms with E-state index in [1.807, 2.05) is 60.7 Å². The van der Waals surface area contributed by atoms with Gasteiger partial charge in [0.2, 0.25) is 0 Å². The lowest BCUT2D eigenvalue weighted by molar-refractivity contribution is 0.415. The van der Waals surface area contributed by atoms with Crippen molar-refractivity contribution in [2.24, 2.45) is 0 Å². The van der Waals surface area contributed by atoms with Crippen molar-refractivity contribution in [3.63, 3.8) is 0 Å². The minimum absolute atomic E-state index is 0.573. The van der Waals surface area contributed by atoms with Gasteiger partial charge in [0.15, 0.2) is 11.6 Å². The van der Waals surface area contributed by atoms with Gasteiger partial charge in [0, 0.05) is 29.4 Å². The number of ether oxygens (including phenoxy) is 2. The van der Waals surface area contributed by atoms with Crippen molar-refractivity contribution < 1.29 is 9.47 Å². The van der Waals surface area contributed by atoms with E-state index in [4.69, 9.17) is 19.4 Å². The normalized spacial score (nSPS) is 10.8. The molecule has 32 heavy (non-hydrogen) atoms. The monoisotopic (exact) mass is 424 g/mol.